The third kappa shape index (κ3) is 1.45. The Morgan fingerprint density at radius 3 is 2.67 bits per heavy atom. The minimum atomic E-state index is 0.192. The lowest BCUT2D eigenvalue weighted by Crippen LogP contribution is -1.99. The van der Waals surface area contributed by atoms with Crippen molar-refractivity contribution in [2.45, 2.75) is 0 Å². The number of aliphatic hydroxyl groups is 1. The predicted octanol–water partition coefficient (Wildman–Crippen LogP) is 1.31. The summed E-state index contributed by atoms with van der Waals surface area (Å²) in [6.07, 6.45) is 1.48. The average molecular weight is 163 g/mol. The molecule has 0 spiro atoms. The fourth-order valence-electron chi connectivity index (χ4n) is 0.932. The second kappa shape index (κ2) is 3.57. The van der Waals surface area contributed by atoms with Gasteiger partial charge in [0, 0.05) is 11.1 Å². The van der Waals surface area contributed by atoms with Gasteiger partial charge in [-0.15, -0.1) is 0 Å². The van der Waals surface area contributed by atoms with Crippen LogP contribution < -0.4 is 5.73 Å². The van der Waals surface area contributed by atoms with Gasteiger partial charge in [0.25, 0.3) is 0 Å². The molecule has 3 N–H and O–H groups in total. The number of hydrogen-bond donors (Lipinski definition) is 2. The molecular weight excluding hydrogens is 154 g/mol. The summed E-state index contributed by atoms with van der Waals surface area (Å²) >= 11 is 0. The molecule has 0 saturated carbocycles. The van der Waals surface area contributed by atoms with Gasteiger partial charge in [-0.2, -0.15) is 0 Å². The summed E-state index contributed by atoms with van der Waals surface area (Å²) in [7, 11) is 0. The molecule has 0 fully saturated rings. The molecule has 3 heteroatoms. The van der Waals surface area contributed by atoms with Gasteiger partial charge in [0.15, 0.2) is 6.29 Å². The first-order chi connectivity index (χ1) is 5.79. The summed E-state index contributed by atoms with van der Waals surface area (Å²) in [5.41, 5.74) is 6.64. The molecule has 0 unspecified atom stereocenters. The van der Waals surface area contributed by atoms with Gasteiger partial charge in [0.1, 0.15) is 6.26 Å². The molecule has 3 nitrogen and oxygen atoms in total. The average Bonchev–Trinajstić information content (AvgIpc) is 2.16. The molecular formula is C9H9NO2. The summed E-state index contributed by atoms with van der Waals surface area (Å²) in [6.45, 7) is 0. The maximum absolute atomic E-state index is 10.5. The third-order valence-electron chi connectivity index (χ3n) is 1.54. The van der Waals surface area contributed by atoms with Crippen molar-refractivity contribution in [1.29, 1.82) is 0 Å². The van der Waals surface area contributed by atoms with E-state index in [1.165, 1.54) is 0 Å². The van der Waals surface area contributed by atoms with E-state index in [9.17, 15) is 4.79 Å². The first-order valence-corrected chi connectivity index (χ1v) is 3.44. The number of rotatable bonds is 2. The van der Waals surface area contributed by atoms with Crippen LogP contribution in [0.5, 0.6) is 0 Å². The summed E-state index contributed by atoms with van der Waals surface area (Å²) in [6, 6.07) is 6.79. The van der Waals surface area contributed by atoms with Gasteiger partial charge in [0.05, 0.1) is 5.70 Å². The Labute approximate surface area is 70.1 Å². The van der Waals surface area contributed by atoms with Crippen LogP contribution >= 0.6 is 0 Å². The Morgan fingerprint density at radius 2 is 2.08 bits per heavy atom. The Balaban J connectivity index is 3.22. The number of aliphatic hydroxyl groups excluding tert-OH is 1. The molecule has 0 aliphatic carbocycles. The van der Waals surface area contributed by atoms with E-state index in [1.54, 1.807) is 24.3 Å². The zero-order valence-corrected chi connectivity index (χ0v) is 6.40. The highest BCUT2D eigenvalue weighted by Crippen LogP contribution is 2.12. The van der Waals surface area contributed by atoms with Crippen LogP contribution in [0, 0.1) is 0 Å². The van der Waals surface area contributed by atoms with Crippen LogP contribution in [0.15, 0.2) is 30.5 Å². The van der Waals surface area contributed by atoms with E-state index in [0.717, 1.165) is 6.26 Å². The first kappa shape index (κ1) is 8.33. The molecule has 0 amide bonds. The largest absolute Gasteiger partial charge is 0.513 e. The van der Waals surface area contributed by atoms with E-state index in [4.69, 9.17) is 10.8 Å². The number of hydrogen-bond acceptors (Lipinski definition) is 3. The zero-order valence-electron chi connectivity index (χ0n) is 6.40. The molecule has 62 valence electrons. The van der Waals surface area contributed by atoms with Crippen molar-refractivity contribution in [3.05, 3.63) is 41.7 Å². The number of aldehydes is 1. The van der Waals surface area contributed by atoms with Gasteiger partial charge in [-0.05, 0) is 0 Å². The van der Waals surface area contributed by atoms with Crippen LogP contribution in [-0.4, -0.2) is 11.4 Å². The van der Waals surface area contributed by atoms with E-state index in [1.807, 2.05) is 0 Å². The molecule has 0 bridgehead atoms. The van der Waals surface area contributed by atoms with Gasteiger partial charge in [-0.3, -0.25) is 4.79 Å². The van der Waals surface area contributed by atoms with Gasteiger partial charge in [-0.25, -0.2) is 0 Å². The minimum absolute atomic E-state index is 0.192. The van der Waals surface area contributed by atoms with E-state index >= 15 is 0 Å². The van der Waals surface area contributed by atoms with Crippen molar-refractivity contribution in [1.82, 2.24) is 0 Å². The van der Waals surface area contributed by atoms with E-state index in [-0.39, 0.29) is 5.70 Å². The number of nitrogens with two attached hydrogens (primary N) is 1. The van der Waals surface area contributed by atoms with E-state index in [2.05, 4.69) is 0 Å². The second-order valence-corrected chi connectivity index (χ2v) is 2.29. The lowest BCUT2D eigenvalue weighted by atomic mass is 10.1. The van der Waals surface area contributed by atoms with Gasteiger partial charge >= 0.3 is 0 Å². The van der Waals surface area contributed by atoms with Crippen LogP contribution in [-0.2, 0) is 0 Å². The summed E-state index contributed by atoms with van der Waals surface area (Å²) in [5, 5.41) is 8.61. The minimum Gasteiger partial charge on any atom is -0.513 e. The SMILES string of the molecule is N/C(=C\O)c1ccccc1C=O. The van der Waals surface area contributed by atoms with Crippen molar-refractivity contribution in [3.8, 4) is 0 Å². The maximum atomic E-state index is 10.5. The second-order valence-electron chi connectivity index (χ2n) is 2.29. The fourth-order valence-corrected chi connectivity index (χ4v) is 0.932. The maximum Gasteiger partial charge on any atom is 0.150 e. The Bertz CT molecular complexity index is 318. The molecule has 0 aliphatic heterocycles. The van der Waals surface area contributed by atoms with E-state index < -0.39 is 0 Å². The van der Waals surface area contributed by atoms with Crippen molar-refractivity contribution in [2.24, 2.45) is 5.73 Å². The van der Waals surface area contributed by atoms with E-state index in [0.29, 0.717) is 17.4 Å². The van der Waals surface area contributed by atoms with Crippen LogP contribution in [0.25, 0.3) is 5.70 Å². The summed E-state index contributed by atoms with van der Waals surface area (Å²) in [4.78, 5) is 10.5. The highest BCUT2D eigenvalue weighted by Gasteiger charge is 2.01. The number of carbonyl (C=O) groups is 1. The topological polar surface area (TPSA) is 63.3 Å². The smallest absolute Gasteiger partial charge is 0.150 e. The molecule has 0 aromatic heterocycles. The lowest BCUT2D eigenvalue weighted by molar-refractivity contribution is 0.112. The van der Waals surface area contributed by atoms with Gasteiger partial charge < -0.3 is 10.8 Å². The van der Waals surface area contributed by atoms with Crippen molar-refractivity contribution >= 4 is 12.0 Å². The molecule has 1 aromatic carbocycles. The van der Waals surface area contributed by atoms with Gasteiger partial charge in [-0.1, -0.05) is 24.3 Å². The Morgan fingerprint density at radius 1 is 1.42 bits per heavy atom. The monoisotopic (exact) mass is 163 g/mol. The summed E-state index contributed by atoms with van der Waals surface area (Å²) in [5.74, 6) is 0. The van der Waals surface area contributed by atoms with Crippen molar-refractivity contribution in [3.63, 3.8) is 0 Å². The third-order valence-corrected chi connectivity index (χ3v) is 1.54. The molecule has 0 atom stereocenters. The number of carbonyl (C=O) groups excluding carboxylic acids is 1. The highest BCUT2D eigenvalue weighted by atomic mass is 16.2. The molecule has 0 heterocycles. The first-order valence-electron chi connectivity index (χ1n) is 3.44. The normalized spacial score (nSPS) is 11.2. The molecule has 0 radical (unpaired) electrons. The van der Waals surface area contributed by atoms with Crippen LogP contribution in [0.4, 0.5) is 0 Å². The summed E-state index contributed by atoms with van der Waals surface area (Å²) < 4.78 is 0. The molecule has 0 aliphatic rings. The lowest BCUT2D eigenvalue weighted by Gasteiger charge is -2.01. The predicted molar refractivity (Wildman–Crippen MR) is 46.6 cm³/mol. The molecule has 12 heavy (non-hydrogen) atoms. The van der Waals surface area contributed by atoms with Crippen molar-refractivity contribution < 1.29 is 9.90 Å². The Hall–Kier alpha value is -1.77. The van der Waals surface area contributed by atoms with Gasteiger partial charge in [0.2, 0.25) is 0 Å². The van der Waals surface area contributed by atoms with Crippen molar-refractivity contribution in [2.75, 3.05) is 0 Å². The zero-order chi connectivity index (χ0) is 8.97. The fraction of sp³-hybridized carbons (Fsp3) is 0. The number of benzene rings is 1. The highest BCUT2D eigenvalue weighted by molar-refractivity contribution is 5.84. The standard InChI is InChI=1S/C9H9NO2/c10-9(6-12)8-4-2-1-3-7(8)5-11/h1-6,12H,10H2/b9-6-. The Kier molecular flexibility index (Phi) is 2.48. The van der Waals surface area contributed by atoms with Crippen LogP contribution in [0.3, 0.4) is 0 Å². The van der Waals surface area contributed by atoms with Crippen LogP contribution in [0.2, 0.25) is 0 Å². The molecule has 0 saturated heterocycles. The van der Waals surface area contributed by atoms with Crippen LogP contribution in [0.1, 0.15) is 15.9 Å². The quantitative estimate of drug-likeness (QED) is 0.510. The molecule has 1 rings (SSSR count). The molecule has 1 aromatic rings.